The molecule has 11 nitrogen and oxygen atoms in total. The van der Waals surface area contributed by atoms with Crippen LogP contribution in [0, 0.1) is 5.92 Å². The number of aryl methyl sites for hydroxylation is 1. The lowest BCUT2D eigenvalue weighted by Gasteiger charge is -2.38. The van der Waals surface area contributed by atoms with Gasteiger partial charge in [0.1, 0.15) is 12.3 Å². The molecule has 13 heteroatoms. The number of likely N-dealkylation sites (N-methyl/N-ethyl adjacent to an activating group) is 2. The number of rotatable bonds is 17. The Morgan fingerprint density at radius 1 is 1.10 bits per heavy atom. The predicted molar refractivity (Wildman–Crippen MR) is 192 cm³/mol. The topological polar surface area (TPSA) is 159 Å². The Kier molecular flexibility index (Phi) is 13.7. The summed E-state index contributed by atoms with van der Waals surface area (Å²) in [5, 5.41) is 11.9. The summed E-state index contributed by atoms with van der Waals surface area (Å²) < 4.78 is 6.19. The maximum Gasteiger partial charge on any atom is 0.308 e. The van der Waals surface area contributed by atoms with Crippen molar-refractivity contribution in [3.05, 3.63) is 70.2 Å². The second kappa shape index (κ2) is 16.9. The number of hydrogen-bond donors (Lipinski definition) is 3. The van der Waals surface area contributed by atoms with Gasteiger partial charge in [-0.05, 0) is 87.9 Å². The molecule has 3 rings (SSSR count). The average Bonchev–Trinajstić information content (AvgIpc) is 3.48. The molecule has 5 atom stereocenters. The van der Waals surface area contributed by atoms with Crippen LogP contribution in [-0.2, 0) is 41.2 Å². The maximum atomic E-state index is 14.2. The quantitative estimate of drug-likeness (QED) is 0.164. The van der Waals surface area contributed by atoms with Crippen LogP contribution in [0.2, 0.25) is 23.2 Å². The van der Waals surface area contributed by atoms with Gasteiger partial charge >= 0.3 is 5.97 Å². The minimum Gasteiger partial charge on any atom is -0.481 e. The molecule has 0 saturated heterocycles. The van der Waals surface area contributed by atoms with E-state index in [1.54, 1.807) is 58.1 Å². The molecular formula is C36H51ClN4O7Si. The number of nitrogens with one attached hydrogen (secondary N) is 1. The number of halogens is 1. The van der Waals surface area contributed by atoms with Gasteiger partial charge in [0, 0.05) is 32.1 Å². The van der Waals surface area contributed by atoms with Crippen molar-refractivity contribution in [3.63, 3.8) is 0 Å². The molecule has 2 aromatic rings. The number of carboxylic acids is 1. The minimum absolute atomic E-state index is 0.0773. The first kappa shape index (κ1) is 39.9. The fourth-order valence-electron chi connectivity index (χ4n) is 6.09. The molecule has 0 spiro atoms. The number of hydrogen-bond acceptors (Lipinski definition) is 7. The van der Waals surface area contributed by atoms with E-state index < -0.39 is 55.2 Å². The lowest BCUT2D eigenvalue weighted by Crippen LogP contribution is -2.58. The third-order valence-corrected chi connectivity index (χ3v) is 14.5. The van der Waals surface area contributed by atoms with E-state index >= 15 is 0 Å². The van der Waals surface area contributed by atoms with Crippen LogP contribution in [0.4, 0.5) is 0 Å². The Morgan fingerprint density at radius 3 is 2.33 bits per heavy atom. The van der Waals surface area contributed by atoms with E-state index in [4.69, 9.17) is 21.8 Å². The zero-order chi connectivity index (χ0) is 36.7. The lowest BCUT2D eigenvalue weighted by molar-refractivity contribution is -0.142. The van der Waals surface area contributed by atoms with Crippen molar-refractivity contribution in [1.29, 1.82) is 0 Å². The highest BCUT2D eigenvalue weighted by Gasteiger charge is 2.48. The van der Waals surface area contributed by atoms with Crippen LogP contribution in [0.25, 0.3) is 0 Å². The largest absolute Gasteiger partial charge is 0.481 e. The molecule has 0 aliphatic heterocycles. The molecule has 1 aliphatic rings. The van der Waals surface area contributed by atoms with Crippen molar-refractivity contribution in [3.8, 4) is 0 Å². The third-order valence-electron chi connectivity index (χ3n) is 10.2. The number of benzene rings is 2. The normalized spacial score (nSPS) is 16.9. The summed E-state index contributed by atoms with van der Waals surface area (Å²) in [5.41, 5.74) is 8.98. The van der Waals surface area contributed by atoms with Crippen LogP contribution in [0.15, 0.2) is 48.5 Å². The van der Waals surface area contributed by atoms with Crippen LogP contribution >= 0.6 is 11.6 Å². The smallest absolute Gasteiger partial charge is 0.308 e. The van der Waals surface area contributed by atoms with Gasteiger partial charge in [-0.1, -0.05) is 48.0 Å². The van der Waals surface area contributed by atoms with Crippen molar-refractivity contribution >= 4 is 49.9 Å². The molecular weight excluding hydrogens is 664 g/mol. The van der Waals surface area contributed by atoms with E-state index in [1.165, 1.54) is 17.4 Å². The Morgan fingerprint density at radius 2 is 1.73 bits per heavy atom. The van der Waals surface area contributed by atoms with E-state index in [-0.39, 0.29) is 31.4 Å². The highest BCUT2D eigenvalue weighted by molar-refractivity contribution is 6.77. The fourth-order valence-corrected chi connectivity index (χ4v) is 7.67. The van der Waals surface area contributed by atoms with Gasteiger partial charge in [-0.3, -0.25) is 19.2 Å². The van der Waals surface area contributed by atoms with Crippen molar-refractivity contribution in [1.82, 2.24) is 15.1 Å². The number of fused-ring (bicyclic) bond motifs is 1. The number of amides is 3. The average molecular weight is 715 g/mol. The van der Waals surface area contributed by atoms with Crippen LogP contribution in [0.3, 0.4) is 0 Å². The summed E-state index contributed by atoms with van der Waals surface area (Å²) >= 11 is 6.14. The van der Waals surface area contributed by atoms with E-state index in [1.807, 2.05) is 30.3 Å². The summed E-state index contributed by atoms with van der Waals surface area (Å²) in [5.74, 6) is -2.91. The molecule has 0 unspecified atom stereocenters. The van der Waals surface area contributed by atoms with Gasteiger partial charge in [-0.2, -0.15) is 0 Å². The Balaban J connectivity index is 1.92. The Labute approximate surface area is 295 Å². The summed E-state index contributed by atoms with van der Waals surface area (Å²) in [6.45, 7) is 8.04. The molecule has 0 aromatic heterocycles. The van der Waals surface area contributed by atoms with Crippen molar-refractivity contribution in [2.45, 2.75) is 88.6 Å². The van der Waals surface area contributed by atoms with Gasteiger partial charge < -0.3 is 35.2 Å². The van der Waals surface area contributed by atoms with Gasteiger partial charge in [0.15, 0.2) is 0 Å². The summed E-state index contributed by atoms with van der Waals surface area (Å²) in [4.78, 5) is 68.0. The number of nitrogens with two attached hydrogens (primary N) is 1. The van der Waals surface area contributed by atoms with Crippen LogP contribution in [0.1, 0.15) is 56.2 Å². The zero-order valence-electron chi connectivity index (χ0n) is 29.6. The van der Waals surface area contributed by atoms with E-state index in [2.05, 4.69) is 11.4 Å². The fraction of sp³-hybridized carbons (Fsp3) is 0.528. The molecule has 49 heavy (non-hydrogen) atoms. The van der Waals surface area contributed by atoms with Crippen molar-refractivity contribution < 1.29 is 33.5 Å². The highest BCUT2D eigenvalue weighted by Crippen LogP contribution is 2.40. The maximum absolute atomic E-state index is 14.2. The number of carbonyl (C=O) groups excluding carboxylic acids is 4. The molecule has 0 saturated carbocycles. The first-order valence-corrected chi connectivity index (χ1v) is 19.9. The molecule has 0 radical (unpaired) electrons. The zero-order valence-corrected chi connectivity index (χ0v) is 31.3. The summed E-state index contributed by atoms with van der Waals surface area (Å²) in [6, 6.07) is 12.5. The molecule has 1 aliphatic carbocycles. The minimum atomic E-state index is -2.96. The van der Waals surface area contributed by atoms with Crippen molar-refractivity contribution in [2.75, 3.05) is 27.2 Å². The van der Waals surface area contributed by atoms with Crippen LogP contribution in [0.5, 0.6) is 0 Å². The van der Waals surface area contributed by atoms with E-state index in [9.17, 15) is 29.1 Å². The predicted octanol–water partition coefficient (Wildman–Crippen LogP) is 4.02. The molecule has 2 aromatic carbocycles. The number of nitrogens with zero attached hydrogens (tertiary/aromatic N) is 2. The lowest BCUT2D eigenvalue weighted by atomic mass is 9.84. The number of aliphatic carboxylic acids is 1. The standard InChI is InChI=1S/C36H51ClN4O7Si/c1-23(38)32(43)39-31(22-48-49(6,7)36(2,3)35(46)47)34(45)41(5)27(20-24-12-15-26(37)16-13-24)21-40(4)33(44)30(18-19-42)29-17-14-25-10-8-9-11-28(25)29/h8-13,15-16,19,23,27,29-31H,14,17-18,20-22,38H2,1-7H3,(H,39,43)(H,46,47)/t23-,27+,29+,30-,31-/m0/s1. The first-order chi connectivity index (χ1) is 22.9. The Hall–Kier alpha value is -3.58. The number of carbonyl (C=O) groups is 5. The van der Waals surface area contributed by atoms with Gasteiger partial charge in [0.05, 0.1) is 29.6 Å². The molecule has 0 fully saturated rings. The van der Waals surface area contributed by atoms with Gasteiger partial charge in [0.25, 0.3) is 0 Å². The number of carboxylic acid groups (broad SMARTS) is 1. The molecule has 0 bridgehead atoms. The van der Waals surface area contributed by atoms with Gasteiger partial charge in [-0.15, -0.1) is 0 Å². The monoisotopic (exact) mass is 714 g/mol. The van der Waals surface area contributed by atoms with Gasteiger partial charge in [0.2, 0.25) is 26.0 Å². The van der Waals surface area contributed by atoms with Crippen LogP contribution in [-0.4, -0.2) is 98.6 Å². The molecule has 268 valence electrons. The highest BCUT2D eigenvalue weighted by atomic mass is 35.5. The molecule has 4 N–H and O–H groups in total. The van der Waals surface area contributed by atoms with Crippen molar-refractivity contribution in [2.24, 2.45) is 11.7 Å². The first-order valence-electron chi connectivity index (χ1n) is 16.6. The third kappa shape index (κ3) is 9.78. The summed E-state index contributed by atoms with van der Waals surface area (Å²) in [6.07, 6.45) is 2.82. The second-order valence-electron chi connectivity index (χ2n) is 14.1. The summed E-state index contributed by atoms with van der Waals surface area (Å²) in [7, 11) is 0.323. The molecule has 3 amide bonds. The number of aldehydes is 1. The van der Waals surface area contributed by atoms with E-state index in [0.29, 0.717) is 11.4 Å². The molecule has 0 heterocycles. The van der Waals surface area contributed by atoms with Gasteiger partial charge in [-0.25, -0.2) is 0 Å². The second-order valence-corrected chi connectivity index (χ2v) is 19.1. The van der Waals surface area contributed by atoms with Crippen LogP contribution < -0.4 is 11.1 Å². The van der Waals surface area contributed by atoms with E-state index in [0.717, 1.165) is 30.3 Å². The SMILES string of the molecule is C[C@H](N)C(=O)N[C@@H](CO[Si](C)(C)C(C)(C)C(=O)O)C(=O)N(C)[C@H](Cc1ccc(Cl)cc1)CN(C)C(=O)[C@@H](CC=O)[C@@H]1CCc2ccccc21. The Bertz CT molecular complexity index is 1500.